The normalized spacial score (nSPS) is 10.3. The quantitative estimate of drug-likeness (QED) is 0.876. The molecule has 0 saturated carbocycles. The molecular weight excluding hydrogens is 263 g/mol. The minimum Gasteiger partial charge on any atom is -0.484 e. The van der Waals surface area contributed by atoms with Gasteiger partial charge in [0.05, 0.1) is 5.69 Å². The zero-order valence-electron chi connectivity index (χ0n) is 11.1. The maximum Gasteiger partial charge on any atom is 0.257 e. The van der Waals surface area contributed by atoms with Crippen molar-refractivity contribution in [3.05, 3.63) is 47.9 Å². The molecule has 0 aliphatic carbocycles. The summed E-state index contributed by atoms with van der Waals surface area (Å²) in [6.45, 7) is 2.05. The molecule has 0 saturated heterocycles. The highest BCUT2D eigenvalue weighted by Crippen LogP contribution is 2.11. The minimum absolute atomic E-state index is 0.151. The monoisotopic (exact) mass is 278 g/mol. The molecule has 0 spiro atoms. The van der Waals surface area contributed by atoms with Crippen LogP contribution in [0, 0.1) is 12.7 Å². The third-order valence-electron chi connectivity index (χ3n) is 2.54. The number of carbonyl (C=O) groups excluding carboxylic acids is 1. The molecule has 1 heterocycles. The second-order valence-electron chi connectivity index (χ2n) is 4.20. The van der Waals surface area contributed by atoms with Gasteiger partial charge in [-0.2, -0.15) is 0 Å². The fourth-order valence-corrected chi connectivity index (χ4v) is 1.61. The van der Waals surface area contributed by atoms with Gasteiger partial charge in [-0.3, -0.25) is 4.79 Å². The van der Waals surface area contributed by atoms with Gasteiger partial charge in [0, 0.05) is 26.0 Å². The van der Waals surface area contributed by atoms with Crippen LogP contribution in [-0.2, 0) is 11.2 Å². The topological polar surface area (TPSA) is 64.4 Å². The molecule has 106 valence electrons. The minimum atomic E-state index is -0.399. The molecule has 0 radical (unpaired) electrons. The summed E-state index contributed by atoms with van der Waals surface area (Å²) in [5, 5.41) is 2.69. The smallest absolute Gasteiger partial charge is 0.257 e. The van der Waals surface area contributed by atoms with E-state index in [1.807, 2.05) is 0 Å². The highest BCUT2D eigenvalue weighted by Gasteiger charge is 2.04. The van der Waals surface area contributed by atoms with Gasteiger partial charge in [0.2, 0.25) is 0 Å². The number of hydrogen-bond acceptors (Lipinski definition) is 4. The van der Waals surface area contributed by atoms with Crippen LogP contribution in [0.15, 0.2) is 34.9 Å². The van der Waals surface area contributed by atoms with Gasteiger partial charge < -0.3 is 14.5 Å². The van der Waals surface area contributed by atoms with Crippen LogP contribution in [0.5, 0.6) is 5.75 Å². The number of amides is 1. The Hall–Kier alpha value is -2.37. The zero-order valence-corrected chi connectivity index (χ0v) is 11.1. The number of hydrogen-bond donors (Lipinski definition) is 1. The number of carbonyl (C=O) groups is 1. The van der Waals surface area contributed by atoms with Crippen molar-refractivity contribution in [1.82, 2.24) is 10.3 Å². The molecule has 20 heavy (non-hydrogen) atoms. The molecule has 1 N–H and O–H groups in total. The molecule has 1 amide bonds. The number of nitrogens with one attached hydrogen (secondary N) is 1. The Morgan fingerprint density at radius 1 is 1.50 bits per heavy atom. The first kappa shape index (κ1) is 14.0. The number of benzene rings is 1. The van der Waals surface area contributed by atoms with E-state index in [1.165, 1.54) is 18.2 Å². The summed E-state index contributed by atoms with van der Waals surface area (Å²) in [6, 6.07) is 5.66. The second kappa shape index (κ2) is 6.70. The molecule has 0 fully saturated rings. The van der Waals surface area contributed by atoms with Crippen LogP contribution < -0.4 is 10.1 Å². The number of aromatic nitrogens is 1. The summed E-state index contributed by atoms with van der Waals surface area (Å²) in [7, 11) is 0. The number of oxazole rings is 1. The maximum atomic E-state index is 12.9. The van der Waals surface area contributed by atoms with E-state index in [9.17, 15) is 9.18 Å². The van der Waals surface area contributed by atoms with Crippen LogP contribution in [0.1, 0.15) is 11.6 Å². The third kappa shape index (κ3) is 4.38. The van der Waals surface area contributed by atoms with E-state index >= 15 is 0 Å². The molecule has 0 aliphatic rings. The molecule has 0 aliphatic heterocycles. The van der Waals surface area contributed by atoms with Gasteiger partial charge in [0.25, 0.3) is 5.91 Å². The molecule has 1 aromatic heterocycles. The van der Waals surface area contributed by atoms with E-state index in [0.717, 1.165) is 5.69 Å². The fraction of sp³-hybridized carbons (Fsp3) is 0.286. The van der Waals surface area contributed by atoms with Crippen molar-refractivity contribution < 1.29 is 18.3 Å². The van der Waals surface area contributed by atoms with Gasteiger partial charge in [-0.15, -0.1) is 0 Å². The van der Waals surface area contributed by atoms with Crippen molar-refractivity contribution in [2.24, 2.45) is 0 Å². The Morgan fingerprint density at radius 2 is 2.35 bits per heavy atom. The average Bonchev–Trinajstić information content (AvgIpc) is 2.82. The summed E-state index contributed by atoms with van der Waals surface area (Å²) in [5.74, 6) is 0.256. The molecule has 0 unspecified atom stereocenters. The molecule has 6 heteroatoms. The van der Waals surface area contributed by atoms with E-state index in [0.29, 0.717) is 24.6 Å². The van der Waals surface area contributed by atoms with Crippen LogP contribution >= 0.6 is 0 Å². The third-order valence-corrected chi connectivity index (χ3v) is 2.54. The second-order valence-corrected chi connectivity index (χ2v) is 4.20. The lowest BCUT2D eigenvalue weighted by atomic mass is 10.3. The van der Waals surface area contributed by atoms with Gasteiger partial charge in [-0.05, 0) is 12.1 Å². The highest BCUT2D eigenvalue weighted by atomic mass is 19.1. The lowest BCUT2D eigenvalue weighted by Crippen LogP contribution is -2.30. The van der Waals surface area contributed by atoms with Gasteiger partial charge in [0.15, 0.2) is 12.5 Å². The summed E-state index contributed by atoms with van der Waals surface area (Å²) in [4.78, 5) is 15.6. The standard InChI is InChI=1S/C14H15FN2O3/c1-10-17-12(8-19-10)5-6-16-14(18)9-20-13-4-2-3-11(15)7-13/h2-4,7-8H,5-6,9H2,1H3,(H,16,18). The first-order chi connectivity index (χ1) is 9.63. The molecular formula is C14H15FN2O3. The van der Waals surface area contributed by atoms with Crippen LogP contribution in [0.3, 0.4) is 0 Å². The SMILES string of the molecule is Cc1nc(CCNC(=O)COc2cccc(F)c2)co1. The summed E-state index contributed by atoms with van der Waals surface area (Å²) in [5.41, 5.74) is 0.786. The molecule has 5 nitrogen and oxygen atoms in total. The Balaban J connectivity index is 1.68. The van der Waals surface area contributed by atoms with Crippen LogP contribution in [0.2, 0.25) is 0 Å². The van der Waals surface area contributed by atoms with Crippen molar-refractivity contribution >= 4 is 5.91 Å². The summed E-state index contributed by atoms with van der Waals surface area (Å²) >= 11 is 0. The molecule has 1 aromatic carbocycles. The van der Waals surface area contributed by atoms with E-state index in [2.05, 4.69) is 10.3 Å². The van der Waals surface area contributed by atoms with Crippen molar-refractivity contribution in [1.29, 1.82) is 0 Å². The molecule has 2 rings (SSSR count). The van der Waals surface area contributed by atoms with Crippen LogP contribution in [-0.4, -0.2) is 24.0 Å². The Labute approximate surface area is 115 Å². The van der Waals surface area contributed by atoms with Gasteiger partial charge in [-0.1, -0.05) is 6.07 Å². The largest absolute Gasteiger partial charge is 0.484 e. The summed E-state index contributed by atoms with van der Waals surface area (Å²) in [6.07, 6.45) is 2.15. The predicted octanol–water partition coefficient (Wildman–Crippen LogP) is 1.86. The predicted molar refractivity (Wildman–Crippen MR) is 69.8 cm³/mol. The highest BCUT2D eigenvalue weighted by molar-refractivity contribution is 5.77. The fourth-order valence-electron chi connectivity index (χ4n) is 1.61. The van der Waals surface area contributed by atoms with Crippen molar-refractivity contribution in [2.75, 3.05) is 13.2 Å². The van der Waals surface area contributed by atoms with Crippen molar-refractivity contribution in [3.8, 4) is 5.75 Å². The van der Waals surface area contributed by atoms with Crippen LogP contribution in [0.25, 0.3) is 0 Å². The Kier molecular flexibility index (Phi) is 4.70. The molecule has 0 atom stereocenters. The van der Waals surface area contributed by atoms with E-state index in [4.69, 9.17) is 9.15 Å². The number of halogens is 1. The number of nitrogens with zero attached hydrogens (tertiary/aromatic N) is 1. The lowest BCUT2D eigenvalue weighted by Gasteiger charge is -2.06. The zero-order chi connectivity index (χ0) is 14.4. The Bertz CT molecular complexity index is 583. The number of ether oxygens (including phenoxy) is 1. The van der Waals surface area contributed by atoms with Gasteiger partial charge in [0.1, 0.15) is 17.8 Å². The Morgan fingerprint density at radius 3 is 3.05 bits per heavy atom. The maximum absolute atomic E-state index is 12.9. The van der Waals surface area contributed by atoms with Crippen molar-refractivity contribution in [2.45, 2.75) is 13.3 Å². The van der Waals surface area contributed by atoms with E-state index < -0.39 is 5.82 Å². The van der Waals surface area contributed by atoms with E-state index in [1.54, 1.807) is 19.3 Å². The number of aryl methyl sites for hydroxylation is 1. The number of rotatable bonds is 6. The first-order valence-electron chi connectivity index (χ1n) is 6.19. The molecule has 2 aromatic rings. The lowest BCUT2D eigenvalue weighted by molar-refractivity contribution is -0.123. The van der Waals surface area contributed by atoms with Crippen LogP contribution in [0.4, 0.5) is 4.39 Å². The van der Waals surface area contributed by atoms with Crippen molar-refractivity contribution in [3.63, 3.8) is 0 Å². The van der Waals surface area contributed by atoms with Gasteiger partial charge in [-0.25, -0.2) is 9.37 Å². The average molecular weight is 278 g/mol. The van der Waals surface area contributed by atoms with E-state index in [-0.39, 0.29) is 12.5 Å². The summed E-state index contributed by atoms with van der Waals surface area (Å²) < 4.78 is 23.1. The van der Waals surface area contributed by atoms with Gasteiger partial charge >= 0.3 is 0 Å². The molecule has 0 bridgehead atoms. The first-order valence-corrected chi connectivity index (χ1v) is 6.19.